The minimum absolute atomic E-state index is 0.107. The van der Waals surface area contributed by atoms with Gasteiger partial charge in [-0.3, -0.25) is 4.79 Å². The summed E-state index contributed by atoms with van der Waals surface area (Å²) in [5.41, 5.74) is 2.27. The van der Waals surface area contributed by atoms with Gasteiger partial charge in [0, 0.05) is 18.8 Å². The lowest BCUT2D eigenvalue weighted by Crippen LogP contribution is -2.35. The highest BCUT2D eigenvalue weighted by atomic mass is 32.2. The summed E-state index contributed by atoms with van der Waals surface area (Å²) < 4.78 is 1.70. The van der Waals surface area contributed by atoms with Crippen LogP contribution in [0.4, 0.5) is 5.69 Å². The highest BCUT2D eigenvalue weighted by molar-refractivity contribution is 8.00. The van der Waals surface area contributed by atoms with Gasteiger partial charge in [-0.25, -0.2) is 4.68 Å². The molecule has 1 aromatic carbocycles. The molecule has 7 heteroatoms. The van der Waals surface area contributed by atoms with E-state index in [1.54, 1.807) is 4.68 Å². The van der Waals surface area contributed by atoms with Crippen LogP contribution in [-0.4, -0.2) is 37.9 Å². The van der Waals surface area contributed by atoms with Gasteiger partial charge < -0.3 is 4.90 Å². The number of hydrogen-bond acceptors (Lipinski definition) is 5. The molecule has 21 heavy (non-hydrogen) atoms. The molecule has 0 saturated heterocycles. The van der Waals surface area contributed by atoms with E-state index in [0.29, 0.717) is 11.7 Å². The van der Waals surface area contributed by atoms with Crippen LogP contribution in [0.15, 0.2) is 29.4 Å². The van der Waals surface area contributed by atoms with Gasteiger partial charge >= 0.3 is 0 Å². The monoisotopic (exact) mass is 303 g/mol. The Hall–Kier alpha value is -1.89. The summed E-state index contributed by atoms with van der Waals surface area (Å²) in [7, 11) is 0. The Labute approximate surface area is 127 Å². The Balaban J connectivity index is 1.74. The second-order valence-corrected chi connectivity index (χ2v) is 6.21. The van der Waals surface area contributed by atoms with Gasteiger partial charge in [0.25, 0.3) is 0 Å². The van der Waals surface area contributed by atoms with Crippen LogP contribution in [0.3, 0.4) is 0 Å². The molecule has 0 N–H and O–H groups in total. The molecular weight excluding hydrogens is 286 g/mol. The van der Waals surface area contributed by atoms with Crippen LogP contribution in [0.5, 0.6) is 0 Å². The normalized spacial score (nSPS) is 15.0. The first-order chi connectivity index (χ1) is 10.2. The molecule has 3 rings (SSSR count). The third kappa shape index (κ3) is 2.65. The minimum atomic E-state index is -0.215. The molecule has 110 valence electrons. The molecule has 0 unspecified atom stereocenters. The van der Waals surface area contributed by atoms with Gasteiger partial charge in [0.15, 0.2) is 0 Å². The van der Waals surface area contributed by atoms with Crippen molar-refractivity contribution < 1.29 is 4.79 Å². The van der Waals surface area contributed by atoms with Crippen molar-refractivity contribution in [1.82, 2.24) is 20.2 Å². The molecule has 2 heterocycles. The Morgan fingerprint density at radius 3 is 3.05 bits per heavy atom. The summed E-state index contributed by atoms with van der Waals surface area (Å²) in [6.45, 7) is 5.33. The third-order valence-corrected chi connectivity index (χ3v) is 4.64. The number of tetrazole rings is 1. The topological polar surface area (TPSA) is 63.9 Å². The number of anilines is 1. The van der Waals surface area contributed by atoms with Crippen LogP contribution in [0, 0.1) is 0 Å². The van der Waals surface area contributed by atoms with Gasteiger partial charge in [-0.1, -0.05) is 30.0 Å². The molecule has 1 atom stereocenters. The highest BCUT2D eigenvalue weighted by Gasteiger charge is 2.29. The number of benzene rings is 1. The smallest absolute Gasteiger partial charge is 0.240 e. The summed E-state index contributed by atoms with van der Waals surface area (Å²) in [4.78, 5) is 14.5. The molecule has 1 aliphatic heterocycles. The van der Waals surface area contributed by atoms with E-state index in [1.165, 1.54) is 17.3 Å². The van der Waals surface area contributed by atoms with Crippen LogP contribution in [0.1, 0.15) is 19.4 Å². The van der Waals surface area contributed by atoms with Crippen LogP contribution in [0.2, 0.25) is 0 Å². The van der Waals surface area contributed by atoms with Gasteiger partial charge in [-0.2, -0.15) is 0 Å². The fraction of sp³-hybridized carbons (Fsp3) is 0.429. The van der Waals surface area contributed by atoms with Crippen LogP contribution in [-0.2, 0) is 17.8 Å². The number of rotatable bonds is 4. The average molecular weight is 303 g/mol. The molecule has 0 aliphatic carbocycles. The number of aromatic nitrogens is 4. The largest absolute Gasteiger partial charge is 0.311 e. The molecule has 1 aliphatic rings. The number of amides is 1. The molecule has 6 nitrogen and oxygen atoms in total. The fourth-order valence-electron chi connectivity index (χ4n) is 2.47. The SMILES string of the molecule is CCn1nnnc1S[C@@H](C)C(=O)N1CCc2ccccc21. The Bertz CT molecular complexity index is 656. The van der Waals surface area contributed by atoms with Crippen LogP contribution >= 0.6 is 11.8 Å². The quantitative estimate of drug-likeness (QED) is 0.805. The maximum absolute atomic E-state index is 12.7. The predicted octanol–water partition coefficient (Wildman–Crippen LogP) is 1.76. The van der Waals surface area contributed by atoms with Crippen molar-refractivity contribution in [2.45, 2.75) is 37.2 Å². The lowest BCUT2D eigenvalue weighted by atomic mass is 10.2. The van der Waals surface area contributed by atoms with Gasteiger partial charge in [-0.15, -0.1) is 5.10 Å². The maximum Gasteiger partial charge on any atom is 0.240 e. The Kier molecular flexibility index (Phi) is 3.92. The molecule has 1 aromatic heterocycles. The number of fused-ring (bicyclic) bond motifs is 1. The van der Waals surface area contributed by atoms with Crippen molar-refractivity contribution in [3.05, 3.63) is 29.8 Å². The van der Waals surface area contributed by atoms with Gasteiger partial charge in [-0.05, 0) is 42.3 Å². The summed E-state index contributed by atoms with van der Waals surface area (Å²) in [6.07, 6.45) is 0.923. The molecule has 2 aromatic rings. The van der Waals surface area contributed by atoms with Crippen LogP contribution in [0.25, 0.3) is 0 Å². The number of thioether (sulfide) groups is 1. The molecule has 0 radical (unpaired) electrons. The average Bonchev–Trinajstić information content (AvgIpc) is 3.12. The van der Waals surface area contributed by atoms with Crippen molar-refractivity contribution in [3.8, 4) is 0 Å². The number of hydrogen-bond donors (Lipinski definition) is 0. The highest BCUT2D eigenvalue weighted by Crippen LogP contribution is 2.30. The molecule has 0 spiro atoms. The number of aryl methyl sites for hydroxylation is 1. The van der Waals surface area contributed by atoms with Gasteiger partial charge in [0.05, 0.1) is 5.25 Å². The van der Waals surface area contributed by atoms with Crippen molar-refractivity contribution in [3.63, 3.8) is 0 Å². The first-order valence-electron chi connectivity index (χ1n) is 7.02. The molecular formula is C14H17N5OS. The number of para-hydroxylation sites is 1. The van der Waals surface area contributed by atoms with Crippen molar-refractivity contribution in [1.29, 1.82) is 0 Å². The lowest BCUT2D eigenvalue weighted by molar-refractivity contribution is -0.117. The molecule has 0 fully saturated rings. The summed E-state index contributed by atoms with van der Waals surface area (Å²) in [5, 5.41) is 12.0. The zero-order valence-corrected chi connectivity index (χ0v) is 12.9. The van der Waals surface area contributed by atoms with E-state index in [2.05, 4.69) is 21.6 Å². The standard InChI is InChI=1S/C14H17N5OS/c1-3-19-14(15-16-17-19)21-10(2)13(20)18-9-8-11-6-4-5-7-12(11)18/h4-7,10H,3,8-9H2,1-2H3/t10-/m0/s1. The van der Waals surface area contributed by atoms with E-state index in [9.17, 15) is 4.79 Å². The number of nitrogens with zero attached hydrogens (tertiary/aromatic N) is 5. The second kappa shape index (κ2) is 5.85. The lowest BCUT2D eigenvalue weighted by Gasteiger charge is -2.20. The van der Waals surface area contributed by atoms with Gasteiger partial charge in [0.1, 0.15) is 0 Å². The zero-order chi connectivity index (χ0) is 14.8. The van der Waals surface area contributed by atoms with Crippen molar-refractivity contribution >= 4 is 23.4 Å². The molecule has 0 bridgehead atoms. The van der Waals surface area contributed by atoms with Crippen LogP contribution < -0.4 is 4.90 Å². The summed E-state index contributed by atoms with van der Waals surface area (Å²) in [5.74, 6) is 0.107. The number of carbonyl (C=O) groups is 1. The first kappa shape index (κ1) is 14.1. The minimum Gasteiger partial charge on any atom is -0.311 e. The van der Waals surface area contributed by atoms with Crippen molar-refractivity contribution in [2.24, 2.45) is 0 Å². The fourth-order valence-corrected chi connectivity index (χ4v) is 3.39. The van der Waals surface area contributed by atoms with Crippen molar-refractivity contribution in [2.75, 3.05) is 11.4 Å². The predicted molar refractivity (Wildman–Crippen MR) is 81.3 cm³/mol. The first-order valence-corrected chi connectivity index (χ1v) is 7.90. The summed E-state index contributed by atoms with van der Waals surface area (Å²) in [6, 6.07) is 8.08. The van der Waals surface area contributed by atoms with E-state index in [0.717, 1.165) is 18.7 Å². The maximum atomic E-state index is 12.7. The molecule has 0 saturated carbocycles. The van der Waals surface area contributed by atoms with E-state index < -0.39 is 0 Å². The van der Waals surface area contributed by atoms with E-state index in [1.807, 2.05) is 36.9 Å². The van der Waals surface area contributed by atoms with E-state index in [-0.39, 0.29) is 11.2 Å². The zero-order valence-electron chi connectivity index (χ0n) is 12.1. The number of carbonyl (C=O) groups excluding carboxylic acids is 1. The van der Waals surface area contributed by atoms with Gasteiger partial charge in [0.2, 0.25) is 11.1 Å². The second-order valence-electron chi connectivity index (χ2n) is 4.91. The Morgan fingerprint density at radius 1 is 1.43 bits per heavy atom. The summed E-state index contributed by atoms with van der Waals surface area (Å²) >= 11 is 1.41. The van der Waals surface area contributed by atoms with E-state index in [4.69, 9.17) is 0 Å². The Morgan fingerprint density at radius 2 is 2.24 bits per heavy atom. The third-order valence-electron chi connectivity index (χ3n) is 3.58. The van der Waals surface area contributed by atoms with E-state index >= 15 is 0 Å². The molecule has 1 amide bonds.